The number of benzene rings is 2. The number of rotatable bonds is 6. The molecule has 126 valence electrons. The smallest absolute Gasteiger partial charge is 0.328 e. The third-order valence-corrected chi connectivity index (χ3v) is 3.81. The van der Waals surface area contributed by atoms with Crippen LogP contribution in [0.4, 0.5) is 0 Å². The molecule has 2 rings (SSSR count). The third kappa shape index (κ3) is 4.49. The topological polar surface area (TPSA) is 64.6 Å². The lowest BCUT2D eigenvalue weighted by molar-refractivity contribution is -0.142. The number of hydrogen-bond donors (Lipinski definition) is 1. The Morgan fingerprint density at radius 1 is 1.12 bits per heavy atom. The molecule has 0 fully saturated rings. The second kappa shape index (κ2) is 8.36. The second-order valence-corrected chi connectivity index (χ2v) is 5.49. The first kappa shape index (κ1) is 17.8. The van der Waals surface area contributed by atoms with Crippen molar-refractivity contribution >= 4 is 23.5 Å². The van der Waals surface area contributed by atoms with Crippen molar-refractivity contribution in [2.45, 2.75) is 12.5 Å². The van der Waals surface area contributed by atoms with Crippen molar-refractivity contribution in [1.82, 2.24) is 5.32 Å². The molecule has 0 aliphatic heterocycles. The first-order valence-corrected chi connectivity index (χ1v) is 7.69. The molecule has 2 aromatic rings. The van der Waals surface area contributed by atoms with Crippen molar-refractivity contribution in [2.24, 2.45) is 0 Å². The highest BCUT2D eigenvalue weighted by Crippen LogP contribution is 2.17. The Kier molecular flexibility index (Phi) is 6.21. The van der Waals surface area contributed by atoms with Gasteiger partial charge in [0.15, 0.2) is 0 Å². The summed E-state index contributed by atoms with van der Waals surface area (Å²) >= 11 is 6.02. The summed E-state index contributed by atoms with van der Waals surface area (Å²) in [5.74, 6) is -0.286. The zero-order chi connectivity index (χ0) is 17.5. The Morgan fingerprint density at radius 2 is 1.88 bits per heavy atom. The minimum absolute atomic E-state index is 0.278. The van der Waals surface area contributed by atoms with Crippen LogP contribution in [-0.2, 0) is 16.0 Å². The molecule has 0 unspecified atom stereocenters. The van der Waals surface area contributed by atoms with Crippen LogP contribution in [0.3, 0.4) is 0 Å². The Balaban J connectivity index is 2.18. The number of carbonyl (C=O) groups excluding carboxylic acids is 2. The van der Waals surface area contributed by atoms with E-state index in [9.17, 15) is 9.59 Å². The predicted octanol–water partition coefficient (Wildman–Crippen LogP) is 2.86. The molecule has 1 N–H and O–H groups in total. The molecule has 0 saturated heterocycles. The Hall–Kier alpha value is -2.53. The highest BCUT2D eigenvalue weighted by Gasteiger charge is 2.23. The van der Waals surface area contributed by atoms with Crippen molar-refractivity contribution < 1.29 is 19.1 Å². The lowest BCUT2D eigenvalue weighted by Crippen LogP contribution is -2.43. The molecule has 1 amide bonds. The number of carbonyl (C=O) groups is 2. The average Bonchev–Trinajstić information content (AvgIpc) is 2.60. The van der Waals surface area contributed by atoms with E-state index >= 15 is 0 Å². The number of nitrogens with one attached hydrogen (secondary N) is 1. The zero-order valence-electron chi connectivity index (χ0n) is 13.4. The fraction of sp³-hybridized carbons (Fsp3) is 0.222. The van der Waals surface area contributed by atoms with Crippen LogP contribution in [0.5, 0.6) is 5.75 Å². The van der Waals surface area contributed by atoms with Gasteiger partial charge in [-0.3, -0.25) is 4.79 Å². The van der Waals surface area contributed by atoms with Gasteiger partial charge in [-0.1, -0.05) is 35.9 Å². The lowest BCUT2D eigenvalue weighted by Gasteiger charge is -2.17. The lowest BCUT2D eigenvalue weighted by atomic mass is 10.0. The van der Waals surface area contributed by atoms with Gasteiger partial charge in [-0.2, -0.15) is 0 Å². The molecule has 0 radical (unpaired) electrons. The Labute approximate surface area is 145 Å². The number of ether oxygens (including phenoxy) is 2. The van der Waals surface area contributed by atoms with Gasteiger partial charge in [0.1, 0.15) is 11.8 Å². The molecule has 24 heavy (non-hydrogen) atoms. The molecule has 2 aromatic carbocycles. The van der Waals surface area contributed by atoms with Crippen LogP contribution in [0.25, 0.3) is 0 Å². The standard InChI is InChI=1S/C18H18ClNO4/c1-23-13-7-5-6-12(10-13)11-16(18(22)24-2)20-17(21)14-8-3-4-9-15(14)19/h3-10,16H,11H2,1-2H3,(H,20,21)/t16-/m1/s1. The Bertz CT molecular complexity index is 732. The first-order valence-electron chi connectivity index (χ1n) is 7.31. The summed E-state index contributed by atoms with van der Waals surface area (Å²) in [4.78, 5) is 24.4. The fourth-order valence-corrected chi connectivity index (χ4v) is 2.47. The quantitative estimate of drug-likeness (QED) is 0.816. The van der Waals surface area contributed by atoms with Crippen LogP contribution >= 0.6 is 11.6 Å². The highest BCUT2D eigenvalue weighted by molar-refractivity contribution is 6.33. The molecule has 0 aromatic heterocycles. The number of hydrogen-bond acceptors (Lipinski definition) is 4. The molecule has 0 heterocycles. The van der Waals surface area contributed by atoms with Crippen LogP contribution in [0.1, 0.15) is 15.9 Å². The van der Waals surface area contributed by atoms with E-state index in [1.54, 1.807) is 43.5 Å². The van der Waals surface area contributed by atoms with Crippen LogP contribution < -0.4 is 10.1 Å². The van der Waals surface area contributed by atoms with Gasteiger partial charge in [0.2, 0.25) is 0 Å². The molecule has 0 aliphatic rings. The van der Waals surface area contributed by atoms with Crippen molar-refractivity contribution in [3.63, 3.8) is 0 Å². The van der Waals surface area contributed by atoms with Crippen LogP contribution in [0, 0.1) is 0 Å². The van der Waals surface area contributed by atoms with Crippen LogP contribution in [0.15, 0.2) is 48.5 Å². The summed E-state index contributed by atoms with van der Waals surface area (Å²) in [6, 6.07) is 13.1. The van der Waals surface area contributed by atoms with Crippen molar-refractivity contribution in [3.05, 3.63) is 64.7 Å². The van der Waals surface area contributed by atoms with E-state index in [1.807, 2.05) is 12.1 Å². The van der Waals surface area contributed by atoms with E-state index < -0.39 is 17.9 Å². The van der Waals surface area contributed by atoms with Crippen molar-refractivity contribution in [3.8, 4) is 5.75 Å². The van der Waals surface area contributed by atoms with E-state index in [1.165, 1.54) is 7.11 Å². The van der Waals surface area contributed by atoms with Gasteiger partial charge in [-0.15, -0.1) is 0 Å². The molecule has 1 atom stereocenters. The molecule has 6 heteroatoms. The summed E-state index contributed by atoms with van der Waals surface area (Å²) in [6.07, 6.45) is 0.278. The van der Waals surface area contributed by atoms with Gasteiger partial charge >= 0.3 is 5.97 Å². The largest absolute Gasteiger partial charge is 0.497 e. The number of esters is 1. The van der Waals surface area contributed by atoms with E-state index in [0.29, 0.717) is 16.3 Å². The maximum absolute atomic E-state index is 12.4. The van der Waals surface area contributed by atoms with Crippen LogP contribution in [-0.4, -0.2) is 32.1 Å². The first-order chi connectivity index (χ1) is 11.5. The summed E-state index contributed by atoms with van der Waals surface area (Å²) in [7, 11) is 2.85. The minimum atomic E-state index is -0.828. The third-order valence-electron chi connectivity index (χ3n) is 3.48. The second-order valence-electron chi connectivity index (χ2n) is 5.08. The monoisotopic (exact) mass is 347 g/mol. The number of methoxy groups -OCH3 is 2. The van der Waals surface area contributed by atoms with Gasteiger partial charge in [-0.25, -0.2) is 4.79 Å². The minimum Gasteiger partial charge on any atom is -0.497 e. The molecule has 0 bridgehead atoms. The van der Waals surface area contributed by atoms with E-state index in [2.05, 4.69) is 5.32 Å². The molecule has 0 saturated carbocycles. The maximum Gasteiger partial charge on any atom is 0.328 e. The van der Waals surface area contributed by atoms with E-state index in [4.69, 9.17) is 21.1 Å². The highest BCUT2D eigenvalue weighted by atomic mass is 35.5. The summed E-state index contributed by atoms with van der Waals surface area (Å²) in [5.41, 5.74) is 1.14. The zero-order valence-corrected chi connectivity index (χ0v) is 14.2. The van der Waals surface area contributed by atoms with Gasteiger partial charge in [-0.05, 0) is 29.8 Å². The van der Waals surface area contributed by atoms with Gasteiger partial charge in [0, 0.05) is 6.42 Å². The summed E-state index contributed by atoms with van der Waals surface area (Å²) in [5, 5.41) is 2.99. The van der Waals surface area contributed by atoms with E-state index in [-0.39, 0.29) is 6.42 Å². The normalized spacial score (nSPS) is 11.5. The SMILES string of the molecule is COC(=O)[C@@H](Cc1cccc(OC)c1)NC(=O)c1ccccc1Cl. The van der Waals surface area contributed by atoms with Crippen molar-refractivity contribution in [2.75, 3.05) is 14.2 Å². The molecule has 0 aliphatic carbocycles. The fourth-order valence-electron chi connectivity index (χ4n) is 2.25. The predicted molar refractivity (Wildman–Crippen MR) is 91.4 cm³/mol. The van der Waals surface area contributed by atoms with Gasteiger partial charge < -0.3 is 14.8 Å². The molecular weight excluding hydrogens is 330 g/mol. The summed E-state index contributed by atoms with van der Waals surface area (Å²) < 4.78 is 9.96. The van der Waals surface area contributed by atoms with Crippen molar-refractivity contribution in [1.29, 1.82) is 0 Å². The Morgan fingerprint density at radius 3 is 2.54 bits per heavy atom. The summed E-state index contributed by atoms with van der Waals surface area (Å²) in [6.45, 7) is 0. The van der Waals surface area contributed by atoms with Crippen LogP contribution in [0.2, 0.25) is 5.02 Å². The number of halogens is 1. The maximum atomic E-state index is 12.4. The molecule has 5 nitrogen and oxygen atoms in total. The van der Waals surface area contributed by atoms with Gasteiger partial charge in [0.25, 0.3) is 5.91 Å². The molecule has 0 spiro atoms. The van der Waals surface area contributed by atoms with E-state index in [0.717, 1.165) is 5.56 Å². The number of amides is 1. The van der Waals surface area contributed by atoms with Gasteiger partial charge in [0.05, 0.1) is 24.8 Å². The average molecular weight is 348 g/mol. The molecular formula is C18H18ClNO4.